The Kier molecular flexibility index (Phi) is 5.75. The zero-order chi connectivity index (χ0) is 20.1. The van der Waals surface area contributed by atoms with Crippen LogP contribution in [0.1, 0.15) is 5.56 Å². The third-order valence-electron chi connectivity index (χ3n) is 3.58. The second kappa shape index (κ2) is 8.40. The van der Waals surface area contributed by atoms with E-state index in [0.29, 0.717) is 17.1 Å². The molecule has 1 aliphatic rings. The van der Waals surface area contributed by atoms with Crippen LogP contribution in [0.5, 0.6) is 11.5 Å². The molecule has 28 heavy (non-hydrogen) atoms. The molecule has 1 N–H and O–H groups in total. The van der Waals surface area contributed by atoms with Gasteiger partial charge in [0.15, 0.2) is 18.1 Å². The summed E-state index contributed by atoms with van der Waals surface area (Å²) in [6.45, 7) is -0.406. The number of ether oxygens (including phenoxy) is 3. The van der Waals surface area contributed by atoms with E-state index in [4.69, 9.17) is 25.8 Å². The largest absolute Gasteiger partial charge is 0.454 e. The Morgan fingerprint density at radius 2 is 2.00 bits per heavy atom. The zero-order valence-corrected chi connectivity index (χ0v) is 15.0. The molecule has 0 bridgehead atoms. The van der Waals surface area contributed by atoms with Crippen LogP contribution in [-0.4, -0.2) is 30.2 Å². The van der Waals surface area contributed by atoms with Gasteiger partial charge in [0.2, 0.25) is 6.79 Å². The smallest absolute Gasteiger partial charge is 0.331 e. The lowest BCUT2D eigenvalue weighted by Crippen LogP contribution is -2.20. The molecule has 10 heteroatoms. The Morgan fingerprint density at radius 1 is 1.21 bits per heavy atom. The third-order valence-corrected chi connectivity index (χ3v) is 3.90. The van der Waals surface area contributed by atoms with Crippen molar-refractivity contribution in [3.8, 4) is 11.5 Å². The van der Waals surface area contributed by atoms with Gasteiger partial charge in [-0.1, -0.05) is 17.7 Å². The average molecular weight is 405 g/mol. The van der Waals surface area contributed by atoms with Crippen LogP contribution >= 0.6 is 11.6 Å². The predicted molar refractivity (Wildman–Crippen MR) is 99.3 cm³/mol. The van der Waals surface area contributed by atoms with Gasteiger partial charge in [0.1, 0.15) is 5.02 Å². The number of carbonyl (C=O) groups is 2. The van der Waals surface area contributed by atoms with Gasteiger partial charge in [-0.05, 0) is 35.9 Å². The van der Waals surface area contributed by atoms with Gasteiger partial charge in [-0.15, -0.1) is 0 Å². The van der Waals surface area contributed by atoms with Crippen LogP contribution in [0, 0.1) is 10.1 Å². The van der Waals surface area contributed by atoms with Crippen LogP contribution < -0.4 is 14.8 Å². The monoisotopic (exact) mass is 404 g/mol. The van der Waals surface area contributed by atoms with Gasteiger partial charge in [-0.3, -0.25) is 14.9 Å². The van der Waals surface area contributed by atoms with Crippen molar-refractivity contribution in [2.24, 2.45) is 0 Å². The first-order valence-corrected chi connectivity index (χ1v) is 8.28. The number of nitrogens with zero attached hydrogens (tertiary/aromatic N) is 1. The lowest BCUT2D eigenvalue weighted by Gasteiger charge is -2.06. The standard InChI is InChI=1S/C18H13ClN2O7/c19-13-4-3-12(8-14(13)21(24)25)20-17(22)9-26-18(23)6-2-11-1-5-15-16(7-11)28-10-27-15/h1-8H,9-10H2,(H,20,22)/b6-2+. The van der Waals surface area contributed by atoms with Gasteiger partial charge in [0.05, 0.1) is 4.92 Å². The molecular weight excluding hydrogens is 392 g/mol. The second-order valence-corrected chi connectivity index (χ2v) is 5.93. The topological polar surface area (TPSA) is 117 Å². The molecule has 2 aromatic rings. The predicted octanol–water partition coefficient (Wildman–Crippen LogP) is 3.17. The van der Waals surface area contributed by atoms with Crippen LogP contribution in [0.25, 0.3) is 6.08 Å². The number of halogens is 1. The Morgan fingerprint density at radius 3 is 2.79 bits per heavy atom. The van der Waals surface area contributed by atoms with Crippen molar-refractivity contribution in [2.75, 3.05) is 18.7 Å². The normalized spacial score (nSPS) is 12.0. The molecule has 2 aromatic carbocycles. The quantitative estimate of drug-likeness (QED) is 0.340. The van der Waals surface area contributed by atoms with Crippen LogP contribution in [0.3, 0.4) is 0 Å². The minimum Gasteiger partial charge on any atom is -0.454 e. The molecule has 1 amide bonds. The number of hydrogen-bond acceptors (Lipinski definition) is 7. The highest BCUT2D eigenvalue weighted by molar-refractivity contribution is 6.32. The number of amides is 1. The third kappa shape index (κ3) is 4.77. The number of hydrogen-bond donors (Lipinski definition) is 1. The highest BCUT2D eigenvalue weighted by Crippen LogP contribution is 2.32. The molecule has 0 saturated carbocycles. The molecule has 0 aliphatic carbocycles. The lowest BCUT2D eigenvalue weighted by atomic mass is 10.2. The van der Waals surface area contributed by atoms with Gasteiger partial charge in [0.25, 0.3) is 11.6 Å². The maximum atomic E-state index is 11.8. The Balaban J connectivity index is 1.51. The molecule has 1 aliphatic heterocycles. The number of nitro groups is 1. The summed E-state index contributed by atoms with van der Waals surface area (Å²) in [4.78, 5) is 33.8. The Hall–Kier alpha value is -3.59. The minimum atomic E-state index is -0.727. The summed E-state index contributed by atoms with van der Waals surface area (Å²) in [5.41, 5.74) is 0.510. The van der Waals surface area contributed by atoms with Gasteiger partial charge >= 0.3 is 5.97 Å². The molecule has 0 atom stereocenters. The van der Waals surface area contributed by atoms with Crippen molar-refractivity contribution in [2.45, 2.75) is 0 Å². The molecule has 1 heterocycles. The van der Waals surface area contributed by atoms with E-state index in [9.17, 15) is 19.7 Å². The molecule has 0 saturated heterocycles. The Labute approximate surface area is 163 Å². The van der Waals surface area contributed by atoms with E-state index < -0.39 is 23.4 Å². The van der Waals surface area contributed by atoms with Gasteiger partial charge in [0, 0.05) is 17.8 Å². The number of nitro benzene ring substituents is 1. The summed E-state index contributed by atoms with van der Waals surface area (Å²) in [6.07, 6.45) is 2.67. The first kappa shape index (κ1) is 19.2. The van der Waals surface area contributed by atoms with E-state index in [2.05, 4.69) is 5.32 Å². The molecule has 0 spiro atoms. The van der Waals surface area contributed by atoms with E-state index in [1.165, 1.54) is 18.2 Å². The molecule has 0 unspecified atom stereocenters. The van der Waals surface area contributed by atoms with E-state index in [1.54, 1.807) is 18.2 Å². The fourth-order valence-corrected chi connectivity index (χ4v) is 2.48. The molecule has 9 nitrogen and oxygen atoms in total. The lowest BCUT2D eigenvalue weighted by molar-refractivity contribution is -0.384. The summed E-state index contributed by atoms with van der Waals surface area (Å²) in [5.74, 6) is -0.179. The first-order chi connectivity index (χ1) is 13.4. The molecule has 0 radical (unpaired) electrons. The van der Waals surface area contributed by atoms with E-state index in [-0.39, 0.29) is 23.2 Å². The second-order valence-electron chi connectivity index (χ2n) is 5.53. The molecule has 3 rings (SSSR count). The highest BCUT2D eigenvalue weighted by atomic mass is 35.5. The van der Waals surface area contributed by atoms with Crippen LogP contribution in [0.4, 0.5) is 11.4 Å². The Bertz CT molecular complexity index is 974. The van der Waals surface area contributed by atoms with E-state index >= 15 is 0 Å². The van der Waals surface area contributed by atoms with Crippen molar-refractivity contribution in [3.05, 3.63) is 63.2 Å². The number of carbonyl (C=O) groups excluding carboxylic acids is 2. The van der Waals surface area contributed by atoms with Gasteiger partial charge in [-0.2, -0.15) is 0 Å². The summed E-state index contributed by atoms with van der Waals surface area (Å²) >= 11 is 5.70. The van der Waals surface area contributed by atoms with Crippen LogP contribution in [0.15, 0.2) is 42.5 Å². The van der Waals surface area contributed by atoms with Crippen molar-refractivity contribution in [1.29, 1.82) is 0 Å². The number of anilines is 1. The van der Waals surface area contributed by atoms with Crippen LogP contribution in [0.2, 0.25) is 5.02 Å². The van der Waals surface area contributed by atoms with E-state index in [1.807, 2.05) is 0 Å². The molecular formula is C18H13ClN2O7. The highest BCUT2D eigenvalue weighted by Gasteiger charge is 2.15. The van der Waals surface area contributed by atoms with Crippen molar-refractivity contribution in [1.82, 2.24) is 0 Å². The summed E-state index contributed by atoms with van der Waals surface area (Å²) < 4.78 is 15.3. The van der Waals surface area contributed by atoms with Crippen molar-refractivity contribution in [3.63, 3.8) is 0 Å². The fraction of sp³-hybridized carbons (Fsp3) is 0.111. The molecule has 0 fully saturated rings. The maximum Gasteiger partial charge on any atom is 0.331 e. The fourth-order valence-electron chi connectivity index (χ4n) is 2.29. The van der Waals surface area contributed by atoms with Crippen molar-refractivity contribution >= 4 is 40.9 Å². The number of rotatable bonds is 6. The minimum absolute atomic E-state index is 0.0527. The summed E-state index contributed by atoms with van der Waals surface area (Å²) in [7, 11) is 0. The molecule has 144 valence electrons. The number of esters is 1. The summed E-state index contributed by atoms with van der Waals surface area (Å²) in [6, 6.07) is 8.95. The number of fused-ring (bicyclic) bond motifs is 1. The van der Waals surface area contributed by atoms with Gasteiger partial charge < -0.3 is 19.5 Å². The van der Waals surface area contributed by atoms with Crippen molar-refractivity contribution < 1.29 is 28.7 Å². The summed E-state index contributed by atoms with van der Waals surface area (Å²) in [5, 5.41) is 13.2. The maximum absolute atomic E-state index is 11.8. The van der Waals surface area contributed by atoms with Gasteiger partial charge in [-0.25, -0.2) is 4.79 Å². The first-order valence-electron chi connectivity index (χ1n) is 7.90. The average Bonchev–Trinajstić information content (AvgIpc) is 3.14. The SMILES string of the molecule is O=C(COC(=O)/C=C/c1ccc2c(c1)OCO2)Nc1ccc(Cl)c([N+](=O)[O-])c1. The number of benzene rings is 2. The zero-order valence-electron chi connectivity index (χ0n) is 14.2. The van der Waals surface area contributed by atoms with E-state index in [0.717, 1.165) is 12.1 Å². The number of nitrogens with one attached hydrogen (secondary N) is 1. The molecule has 0 aromatic heterocycles. The van der Waals surface area contributed by atoms with Crippen LogP contribution in [-0.2, 0) is 14.3 Å².